The molecule has 0 aliphatic rings. The molecular weight excluding hydrogens is 218 g/mol. The molecule has 1 rings (SSSR count). The summed E-state index contributed by atoms with van der Waals surface area (Å²) in [6.45, 7) is 0.716. The van der Waals surface area contributed by atoms with Gasteiger partial charge in [-0.1, -0.05) is 22.0 Å². The van der Waals surface area contributed by atoms with E-state index in [1.165, 1.54) is 0 Å². The fourth-order valence-electron chi connectivity index (χ4n) is 1.03. The molecule has 1 aromatic rings. The lowest BCUT2D eigenvalue weighted by atomic mass is 10.1. The normalized spacial score (nSPS) is 9.83. The average Bonchev–Trinajstić information content (AvgIpc) is 2.05. The number of hydrogen-bond acceptors (Lipinski definition) is 2. The number of aldehydes is 1. The van der Waals surface area contributed by atoms with Gasteiger partial charge in [0.1, 0.15) is 6.29 Å². The minimum absolute atomic E-state index is 0.716. The zero-order valence-corrected chi connectivity index (χ0v) is 8.39. The Balaban J connectivity index is 3.03. The van der Waals surface area contributed by atoms with E-state index in [2.05, 4.69) is 21.2 Å². The van der Waals surface area contributed by atoms with Crippen molar-refractivity contribution in [1.82, 2.24) is 5.32 Å². The maximum absolute atomic E-state index is 10.6. The molecule has 0 aliphatic carbocycles. The molecule has 0 radical (unpaired) electrons. The molecule has 0 unspecified atom stereocenters. The van der Waals surface area contributed by atoms with Crippen LogP contribution < -0.4 is 5.32 Å². The second-order valence-electron chi connectivity index (χ2n) is 2.49. The van der Waals surface area contributed by atoms with Crippen molar-refractivity contribution in [2.45, 2.75) is 6.54 Å². The van der Waals surface area contributed by atoms with Crippen molar-refractivity contribution >= 4 is 22.2 Å². The van der Waals surface area contributed by atoms with Gasteiger partial charge in [0.2, 0.25) is 0 Å². The van der Waals surface area contributed by atoms with Crippen molar-refractivity contribution in [3.8, 4) is 0 Å². The third-order valence-corrected chi connectivity index (χ3v) is 2.09. The molecule has 0 fully saturated rings. The van der Waals surface area contributed by atoms with Gasteiger partial charge in [0, 0.05) is 16.6 Å². The Labute approximate surface area is 80.1 Å². The molecule has 2 nitrogen and oxygen atoms in total. The van der Waals surface area contributed by atoms with Gasteiger partial charge in [0.05, 0.1) is 0 Å². The molecule has 0 bridgehead atoms. The summed E-state index contributed by atoms with van der Waals surface area (Å²) in [7, 11) is 1.86. The summed E-state index contributed by atoms with van der Waals surface area (Å²) in [4.78, 5) is 10.6. The molecule has 0 aliphatic heterocycles. The first-order valence-corrected chi connectivity index (χ1v) is 4.45. The molecule has 0 saturated carbocycles. The van der Waals surface area contributed by atoms with Crippen LogP contribution in [-0.4, -0.2) is 13.3 Å². The molecular formula is C9H10BrNO. The first kappa shape index (κ1) is 9.42. The molecule has 12 heavy (non-hydrogen) atoms. The third kappa shape index (κ3) is 2.16. The van der Waals surface area contributed by atoms with Gasteiger partial charge in [-0.2, -0.15) is 0 Å². The highest BCUT2D eigenvalue weighted by atomic mass is 79.9. The molecule has 0 heterocycles. The number of hydrogen-bond donors (Lipinski definition) is 1. The van der Waals surface area contributed by atoms with E-state index in [9.17, 15) is 4.79 Å². The summed E-state index contributed by atoms with van der Waals surface area (Å²) >= 11 is 3.35. The van der Waals surface area contributed by atoms with Crippen LogP contribution in [0.25, 0.3) is 0 Å². The predicted molar refractivity (Wildman–Crippen MR) is 52.3 cm³/mol. The van der Waals surface area contributed by atoms with Crippen LogP contribution in [-0.2, 0) is 6.54 Å². The van der Waals surface area contributed by atoms with Gasteiger partial charge in [0.25, 0.3) is 0 Å². The molecule has 1 aromatic carbocycles. The lowest BCUT2D eigenvalue weighted by Crippen LogP contribution is -2.07. The number of rotatable bonds is 3. The summed E-state index contributed by atoms with van der Waals surface area (Å²) in [6, 6.07) is 5.62. The van der Waals surface area contributed by atoms with Crippen molar-refractivity contribution in [2.75, 3.05) is 7.05 Å². The van der Waals surface area contributed by atoms with Crippen LogP contribution in [0.3, 0.4) is 0 Å². The van der Waals surface area contributed by atoms with Gasteiger partial charge in [-0.3, -0.25) is 4.79 Å². The zero-order chi connectivity index (χ0) is 8.97. The van der Waals surface area contributed by atoms with E-state index in [-0.39, 0.29) is 0 Å². The van der Waals surface area contributed by atoms with Crippen LogP contribution in [0.4, 0.5) is 0 Å². The van der Waals surface area contributed by atoms with Crippen LogP contribution >= 0.6 is 15.9 Å². The summed E-state index contributed by atoms with van der Waals surface area (Å²) in [5.74, 6) is 0. The average molecular weight is 228 g/mol. The minimum Gasteiger partial charge on any atom is -0.316 e. The Morgan fingerprint density at radius 2 is 2.33 bits per heavy atom. The second-order valence-corrected chi connectivity index (χ2v) is 3.41. The van der Waals surface area contributed by atoms with E-state index < -0.39 is 0 Å². The van der Waals surface area contributed by atoms with E-state index in [0.717, 1.165) is 21.9 Å². The Hall–Kier alpha value is -0.670. The number of carbonyl (C=O) groups is 1. The fourth-order valence-corrected chi connectivity index (χ4v) is 1.44. The number of benzene rings is 1. The highest BCUT2D eigenvalue weighted by molar-refractivity contribution is 9.10. The summed E-state index contributed by atoms with van der Waals surface area (Å²) in [6.07, 6.45) is 0.874. The number of halogens is 1. The number of nitrogens with one attached hydrogen (secondary N) is 1. The van der Waals surface area contributed by atoms with E-state index in [1.54, 1.807) is 0 Å². The lowest BCUT2D eigenvalue weighted by Gasteiger charge is -2.03. The van der Waals surface area contributed by atoms with Crippen LogP contribution in [0.1, 0.15) is 15.9 Å². The summed E-state index contributed by atoms with van der Waals surface area (Å²) in [5, 5.41) is 3.01. The lowest BCUT2D eigenvalue weighted by molar-refractivity contribution is 0.112. The van der Waals surface area contributed by atoms with Crippen LogP contribution in [0.15, 0.2) is 22.7 Å². The molecule has 0 saturated heterocycles. The topological polar surface area (TPSA) is 29.1 Å². The van der Waals surface area contributed by atoms with E-state index in [1.807, 2.05) is 25.2 Å². The van der Waals surface area contributed by atoms with Gasteiger partial charge >= 0.3 is 0 Å². The molecule has 64 valence electrons. The third-order valence-electron chi connectivity index (χ3n) is 1.60. The smallest absolute Gasteiger partial charge is 0.150 e. The zero-order valence-electron chi connectivity index (χ0n) is 6.80. The van der Waals surface area contributed by atoms with Gasteiger partial charge in [-0.05, 0) is 24.7 Å². The highest BCUT2D eigenvalue weighted by Crippen LogP contribution is 2.15. The first-order chi connectivity index (χ1) is 5.77. The Kier molecular flexibility index (Phi) is 3.44. The molecule has 0 spiro atoms. The monoisotopic (exact) mass is 227 g/mol. The van der Waals surface area contributed by atoms with Gasteiger partial charge in [-0.25, -0.2) is 0 Å². The van der Waals surface area contributed by atoms with Crippen molar-refractivity contribution in [3.63, 3.8) is 0 Å². The van der Waals surface area contributed by atoms with Crippen LogP contribution in [0.2, 0.25) is 0 Å². The molecule has 0 aromatic heterocycles. The van der Waals surface area contributed by atoms with Crippen LogP contribution in [0.5, 0.6) is 0 Å². The Morgan fingerprint density at radius 3 is 2.92 bits per heavy atom. The first-order valence-electron chi connectivity index (χ1n) is 3.66. The summed E-state index contributed by atoms with van der Waals surface area (Å²) in [5.41, 5.74) is 1.76. The SMILES string of the molecule is CNCc1cc(Br)ccc1C=O. The van der Waals surface area contributed by atoms with Crippen LogP contribution in [0, 0.1) is 0 Å². The summed E-state index contributed by atoms with van der Waals surface area (Å²) < 4.78 is 0.998. The number of carbonyl (C=O) groups excluding carboxylic acids is 1. The largest absolute Gasteiger partial charge is 0.316 e. The maximum atomic E-state index is 10.6. The second kappa shape index (κ2) is 4.38. The fraction of sp³-hybridized carbons (Fsp3) is 0.222. The van der Waals surface area contributed by atoms with Gasteiger partial charge < -0.3 is 5.32 Å². The quantitative estimate of drug-likeness (QED) is 0.801. The standard InChI is InChI=1S/C9H10BrNO/c1-11-5-8-4-9(10)3-2-7(8)6-12/h2-4,6,11H,5H2,1H3. The molecule has 0 amide bonds. The highest BCUT2D eigenvalue weighted by Gasteiger charge is 2.00. The predicted octanol–water partition coefficient (Wildman–Crippen LogP) is 1.98. The Morgan fingerprint density at radius 1 is 1.58 bits per heavy atom. The van der Waals surface area contributed by atoms with Crippen molar-refractivity contribution in [3.05, 3.63) is 33.8 Å². The van der Waals surface area contributed by atoms with Gasteiger partial charge in [0.15, 0.2) is 0 Å². The van der Waals surface area contributed by atoms with Crippen molar-refractivity contribution in [2.24, 2.45) is 0 Å². The molecule has 1 N–H and O–H groups in total. The van der Waals surface area contributed by atoms with Gasteiger partial charge in [-0.15, -0.1) is 0 Å². The van der Waals surface area contributed by atoms with E-state index in [0.29, 0.717) is 6.54 Å². The minimum atomic E-state index is 0.716. The Bertz CT molecular complexity index is 286. The van der Waals surface area contributed by atoms with E-state index >= 15 is 0 Å². The van der Waals surface area contributed by atoms with Crippen molar-refractivity contribution < 1.29 is 4.79 Å². The molecule has 0 atom stereocenters. The molecule has 3 heteroatoms. The van der Waals surface area contributed by atoms with E-state index in [4.69, 9.17) is 0 Å². The van der Waals surface area contributed by atoms with Crippen molar-refractivity contribution in [1.29, 1.82) is 0 Å². The maximum Gasteiger partial charge on any atom is 0.150 e.